The third-order valence-electron chi connectivity index (χ3n) is 3.82. The molecule has 0 radical (unpaired) electrons. The molecule has 0 saturated heterocycles. The van der Waals surface area contributed by atoms with E-state index in [4.69, 9.17) is 27.9 Å². The molecule has 21 heavy (non-hydrogen) atoms. The zero-order valence-corrected chi connectivity index (χ0v) is 13.7. The third kappa shape index (κ3) is 3.93. The van der Waals surface area contributed by atoms with E-state index in [0.29, 0.717) is 18.4 Å². The van der Waals surface area contributed by atoms with Gasteiger partial charge in [-0.1, -0.05) is 42.5 Å². The Labute approximate surface area is 136 Å². The summed E-state index contributed by atoms with van der Waals surface area (Å²) in [5.74, 6) is 1.85. The van der Waals surface area contributed by atoms with Gasteiger partial charge in [0.15, 0.2) is 0 Å². The Kier molecular flexibility index (Phi) is 5.96. The van der Waals surface area contributed by atoms with E-state index in [9.17, 15) is 0 Å². The van der Waals surface area contributed by atoms with E-state index >= 15 is 0 Å². The fraction of sp³-hybridized carbons (Fsp3) is 0.333. The van der Waals surface area contributed by atoms with Crippen LogP contribution in [0.25, 0.3) is 0 Å². The molecule has 0 aliphatic heterocycles. The molecule has 0 fully saturated rings. The number of halogens is 2. The van der Waals surface area contributed by atoms with Crippen LogP contribution in [0.3, 0.4) is 0 Å². The van der Waals surface area contributed by atoms with E-state index in [1.54, 1.807) is 0 Å². The fourth-order valence-corrected chi connectivity index (χ4v) is 3.34. The predicted octanol–water partition coefficient (Wildman–Crippen LogP) is 5.18. The van der Waals surface area contributed by atoms with E-state index in [-0.39, 0.29) is 5.41 Å². The Morgan fingerprint density at radius 3 is 2.14 bits per heavy atom. The van der Waals surface area contributed by atoms with E-state index in [2.05, 4.69) is 19.1 Å². The second-order valence-corrected chi connectivity index (χ2v) is 5.81. The molecular weight excluding hydrogens is 303 g/mol. The number of alkyl halides is 2. The molecule has 0 atom stereocenters. The minimum atomic E-state index is -0.247. The lowest BCUT2D eigenvalue weighted by molar-refractivity contribution is 0.275. The first-order valence-corrected chi connectivity index (χ1v) is 8.15. The number of aryl methyl sites for hydroxylation is 1. The highest BCUT2D eigenvalue weighted by molar-refractivity contribution is 6.22. The monoisotopic (exact) mass is 322 g/mol. The predicted molar refractivity (Wildman–Crippen MR) is 90.9 cm³/mol. The Hall–Kier alpha value is -1.18. The lowest BCUT2D eigenvalue weighted by Gasteiger charge is -2.31. The molecule has 0 spiro atoms. The molecule has 0 aliphatic carbocycles. The molecule has 0 bridgehead atoms. The van der Waals surface area contributed by atoms with Crippen molar-refractivity contribution in [2.45, 2.75) is 18.8 Å². The number of ether oxygens (including phenoxy) is 1. The zero-order valence-electron chi connectivity index (χ0n) is 12.2. The van der Waals surface area contributed by atoms with Gasteiger partial charge in [0, 0.05) is 17.2 Å². The third-order valence-corrected chi connectivity index (χ3v) is 4.84. The van der Waals surface area contributed by atoms with Crippen molar-refractivity contribution >= 4 is 23.2 Å². The summed E-state index contributed by atoms with van der Waals surface area (Å²) < 4.78 is 5.81. The van der Waals surface area contributed by atoms with Gasteiger partial charge in [-0.25, -0.2) is 0 Å². The molecule has 112 valence electrons. The molecular formula is C18H20Cl2O. The lowest BCUT2D eigenvalue weighted by atomic mass is 9.79. The van der Waals surface area contributed by atoms with Gasteiger partial charge in [0.25, 0.3) is 0 Å². The zero-order chi connectivity index (χ0) is 15.1. The van der Waals surface area contributed by atoms with Crippen molar-refractivity contribution in [1.29, 1.82) is 0 Å². The van der Waals surface area contributed by atoms with Gasteiger partial charge in [-0.3, -0.25) is 0 Å². The van der Waals surface area contributed by atoms with Gasteiger partial charge in [0.2, 0.25) is 0 Å². The summed E-state index contributed by atoms with van der Waals surface area (Å²) in [6.07, 6.45) is 0.791. The first kappa shape index (κ1) is 16.2. The van der Waals surface area contributed by atoms with Crippen molar-refractivity contribution in [3.63, 3.8) is 0 Å². The first-order valence-electron chi connectivity index (χ1n) is 7.08. The minimum absolute atomic E-state index is 0.247. The molecule has 0 heterocycles. The van der Waals surface area contributed by atoms with Crippen LogP contribution in [0.15, 0.2) is 54.6 Å². The summed E-state index contributed by atoms with van der Waals surface area (Å²) in [6.45, 7) is 2.69. The van der Waals surface area contributed by atoms with E-state index < -0.39 is 0 Å². The Morgan fingerprint density at radius 2 is 1.52 bits per heavy atom. The van der Waals surface area contributed by atoms with Crippen LogP contribution in [0.5, 0.6) is 5.75 Å². The van der Waals surface area contributed by atoms with Gasteiger partial charge >= 0.3 is 0 Å². The highest BCUT2D eigenvalue weighted by atomic mass is 35.5. The summed E-state index contributed by atoms with van der Waals surface area (Å²) in [7, 11) is 0. The smallest absolute Gasteiger partial charge is 0.119 e. The largest absolute Gasteiger partial charge is 0.494 e. The molecule has 0 N–H and O–H groups in total. The standard InChI is InChI=1S/C18H20Cl2O/c1-15-7-5-6-10-17(15)18(13-19,14-20)11-12-21-16-8-3-2-4-9-16/h2-10H,11-14H2,1H3. The van der Waals surface area contributed by atoms with Crippen LogP contribution in [-0.2, 0) is 5.41 Å². The maximum absolute atomic E-state index is 6.27. The van der Waals surface area contributed by atoms with E-state index in [0.717, 1.165) is 12.2 Å². The topological polar surface area (TPSA) is 9.23 Å². The molecule has 0 amide bonds. The first-order chi connectivity index (χ1) is 10.2. The molecule has 3 heteroatoms. The van der Waals surface area contributed by atoms with Gasteiger partial charge in [-0.2, -0.15) is 0 Å². The second kappa shape index (κ2) is 7.72. The van der Waals surface area contributed by atoms with Gasteiger partial charge < -0.3 is 4.74 Å². The Balaban J connectivity index is 2.10. The summed E-state index contributed by atoms with van der Waals surface area (Å²) in [5.41, 5.74) is 2.19. The van der Waals surface area contributed by atoms with Crippen molar-refractivity contribution in [3.05, 3.63) is 65.7 Å². The van der Waals surface area contributed by atoms with E-state index in [1.165, 1.54) is 11.1 Å². The van der Waals surface area contributed by atoms with Crippen LogP contribution in [0, 0.1) is 6.92 Å². The summed E-state index contributed by atoms with van der Waals surface area (Å²) in [6, 6.07) is 18.1. The average Bonchev–Trinajstić information content (AvgIpc) is 2.54. The van der Waals surface area contributed by atoms with Gasteiger partial charge in [-0.05, 0) is 36.6 Å². The minimum Gasteiger partial charge on any atom is -0.494 e. The Morgan fingerprint density at radius 1 is 0.905 bits per heavy atom. The maximum Gasteiger partial charge on any atom is 0.119 e. The van der Waals surface area contributed by atoms with Crippen molar-refractivity contribution in [3.8, 4) is 5.75 Å². The van der Waals surface area contributed by atoms with Crippen molar-refractivity contribution in [1.82, 2.24) is 0 Å². The van der Waals surface area contributed by atoms with Gasteiger partial charge in [-0.15, -0.1) is 23.2 Å². The molecule has 1 nitrogen and oxygen atoms in total. The lowest BCUT2D eigenvalue weighted by Crippen LogP contribution is -2.33. The molecule has 0 aliphatic rings. The number of rotatable bonds is 7. The quantitative estimate of drug-likeness (QED) is 0.638. The van der Waals surface area contributed by atoms with Crippen LogP contribution in [-0.4, -0.2) is 18.4 Å². The van der Waals surface area contributed by atoms with Crippen LogP contribution < -0.4 is 4.74 Å². The van der Waals surface area contributed by atoms with Crippen molar-refractivity contribution in [2.75, 3.05) is 18.4 Å². The molecule has 2 aromatic rings. The molecule has 0 aromatic heterocycles. The normalized spacial score (nSPS) is 11.4. The van der Waals surface area contributed by atoms with Crippen molar-refractivity contribution in [2.24, 2.45) is 0 Å². The number of benzene rings is 2. The molecule has 2 rings (SSSR count). The highest BCUT2D eigenvalue weighted by Gasteiger charge is 2.31. The van der Waals surface area contributed by atoms with Crippen molar-refractivity contribution < 1.29 is 4.74 Å². The Bertz CT molecular complexity index is 550. The van der Waals surface area contributed by atoms with Crippen LogP contribution in [0.2, 0.25) is 0 Å². The second-order valence-electron chi connectivity index (χ2n) is 5.27. The highest BCUT2D eigenvalue weighted by Crippen LogP contribution is 2.33. The average molecular weight is 323 g/mol. The van der Waals surface area contributed by atoms with Crippen LogP contribution >= 0.6 is 23.2 Å². The summed E-state index contributed by atoms with van der Waals surface area (Å²) in [4.78, 5) is 0. The fourth-order valence-electron chi connectivity index (χ4n) is 2.50. The number of hydrogen-bond donors (Lipinski definition) is 0. The van der Waals surface area contributed by atoms with Gasteiger partial charge in [0.05, 0.1) is 6.61 Å². The van der Waals surface area contributed by atoms with Gasteiger partial charge in [0.1, 0.15) is 5.75 Å². The summed E-state index contributed by atoms with van der Waals surface area (Å²) in [5, 5.41) is 0. The molecule has 0 unspecified atom stereocenters. The van der Waals surface area contributed by atoms with E-state index in [1.807, 2.05) is 42.5 Å². The SMILES string of the molecule is Cc1ccccc1C(CCl)(CCl)CCOc1ccccc1. The van der Waals surface area contributed by atoms with Crippen LogP contribution in [0.4, 0.5) is 0 Å². The number of para-hydroxylation sites is 1. The van der Waals surface area contributed by atoms with Crippen LogP contribution in [0.1, 0.15) is 17.5 Å². The number of hydrogen-bond acceptors (Lipinski definition) is 1. The maximum atomic E-state index is 6.27. The summed E-state index contributed by atoms with van der Waals surface area (Å²) >= 11 is 12.5. The molecule has 2 aromatic carbocycles. The molecule has 0 saturated carbocycles.